The second-order valence-electron chi connectivity index (χ2n) is 4.81. The standard InChI is InChI=1S/C14H18N6O/c1-21-13-4-5-16-14(18-13)20-8-6-19(7-9-20)11-2-3-12(15)17-10-11/h2-5,10H,6-9H2,1H3,(H2,15,17). The van der Waals surface area contributed by atoms with E-state index in [4.69, 9.17) is 10.5 Å². The van der Waals surface area contributed by atoms with Crippen LogP contribution in [0.1, 0.15) is 0 Å². The normalized spacial score (nSPS) is 15.1. The first-order valence-corrected chi connectivity index (χ1v) is 6.85. The maximum absolute atomic E-state index is 5.62. The molecule has 110 valence electrons. The van der Waals surface area contributed by atoms with Gasteiger partial charge >= 0.3 is 0 Å². The van der Waals surface area contributed by atoms with E-state index in [0.29, 0.717) is 17.6 Å². The van der Waals surface area contributed by atoms with Crippen LogP contribution in [0.25, 0.3) is 0 Å². The molecule has 0 bridgehead atoms. The summed E-state index contributed by atoms with van der Waals surface area (Å²) in [6.45, 7) is 3.51. The first-order chi connectivity index (χ1) is 10.3. The van der Waals surface area contributed by atoms with Gasteiger partial charge in [0.2, 0.25) is 11.8 Å². The fraction of sp³-hybridized carbons (Fsp3) is 0.357. The Morgan fingerprint density at radius 2 is 1.81 bits per heavy atom. The first kappa shape index (κ1) is 13.4. The third-order valence-electron chi connectivity index (χ3n) is 3.52. The lowest BCUT2D eigenvalue weighted by Gasteiger charge is -2.35. The van der Waals surface area contributed by atoms with Gasteiger partial charge in [-0.1, -0.05) is 0 Å². The molecular formula is C14H18N6O. The molecule has 1 aliphatic heterocycles. The number of pyridine rings is 1. The highest BCUT2D eigenvalue weighted by atomic mass is 16.5. The summed E-state index contributed by atoms with van der Waals surface area (Å²) in [6.07, 6.45) is 3.53. The van der Waals surface area contributed by atoms with E-state index in [0.717, 1.165) is 31.9 Å². The van der Waals surface area contributed by atoms with Gasteiger partial charge in [-0.3, -0.25) is 0 Å². The zero-order valence-corrected chi connectivity index (χ0v) is 11.9. The maximum Gasteiger partial charge on any atom is 0.228 e. The lowest BCUT2D eigenvalue weighted by atomic mass is 10.3. The summed E-state index contributed by atoms with van der Waals surface area (Å²) in [6, 6.07) is 5.58. The van der Waals surface area contributed by atoms with Crippen LogP contribution < -0.4 is 20.3 Å². The van der Waals surface area contributed by atoms with Gasteiger partial charge in [-0.2, -0.15) is 4.98 Å². The number of methoxy groups -OCH3 is 1. The van der Waals surface area contributed by atoms with Gasteiger partial charge in [-0.25, -0.2) is 9.97 Å². The molecule has 1 saturated heterocycles. The van der Waals surface area contributed by atoms with E-state index in [1.54, 1.807) is 19.4 Å². The van der Waals surface area contributed by atoms with Crippen LogP contribution in [0.2, 0.25) is 0 Å². The van der Waals surface area contributed by atoms with Gasteiger partial charge < -0.3 is 20.3 Å². The van der Waals surface area contributed by atoms with Gasteiger partial charge in [-0.05, 0) is 12.1 Å². The molecule has 2 aromatic heterocycles. The highest BCUT2D eigenvalue weighted by molar-refractivity contribution is 5.49. The Morgan fingerprint density at radius 3 is 2.48 bits per heavy atom. The quantitative estimate of drug-likeness (QED) is 0.893. The molecule has 7 heteroatoms. The molecule has 0 saturated carbocycles. The molecule has 0 spiro atoms. The fourth-order valence-corrected chi connectivity index (χ4v) is 2.35. The number of rotatable bonds is 3. The predicted molar refractivity (Wildman–Crippen MR) is 81.7 cm³/mol. The van der Waals surface area contributed by atoms with E-state index in [-0.39, 0.29) is 0 Å². The van der Waals surface area contributed by atoms with E-state index >= 15 is 0 Å². The second-order valence-corrected chi connectivity index (χ2v) is 4.81. The van der Waals surface area contributed by atoms with Crippen molar-refractivity contribution in [3.8, 4) is 5.88 Å². The van der Waals surface area contributed by atoms with Crippen molar-refractivity contribution in [1.82, 2.24) is 15.0 Å². The largest absolute Gasteiger partial charge is 0.481 e. The minimum absolute atomic E-state index is 0.544. The van der Waals surface area contributed by atoms with Gasteiger partial charge in [0.05, 0.1) is 19.0 Å². The molecule has 1 aliphatic rings. The molecule has 0 aromatic carbocycles. The Kier molecular flexibility index (Phi) is 3.72. The molecule has 0 radical (unpaired) electrons. The molecule has 1 fully saturated rings. The fourth-order valence-electron chi connectivity index (χ4n) is 2.35. The zero-order chi connectivity index (χ0) is 14.7. The van der Waals surface area contributed by atoms with Gasteiger partial charge in [0.25, 0.3) is 0 Å². The molecule has 21 heavy (non-hydrogen) atoms. The second kappa shape index (κ2) is 5.82. The Balaban J connectivity index is 1.65. The minimum Gasteiger partial charge on any atom is -0.481 e. The van der Waals surface area contributed by atoms with Gasteiger partial charge in [0.1, 0.15) is 5.82 Å². The Bertz CT molecular complexity index is 595. The summed E-state index contributed by atoms with van der Waals surface area (Å²) < 4.78 is 5.14. The van der Waals surface area contributed by atoms with Gasteiger partial charge in [0.15, 0.2) is 0 Å². The van der Waals surface area contributed by atoms with E-state index in [9.17, 15) is 0 Å². The Hall–Kier alpha value is -2.57. The molecule has 0 unspecified atom stereocenters. The smallest absolute Gasteiger partial charge is 0.228 e. The van der Waals surface area contributed by atoms with Gasteiger partial charge in [0, 0.05) is 38.4 Å². The zero-order valence-electron chi connectivity index (χ0n) is 11.9. The maximum atomic E-state index is 5.62. The van der Waals surface area contributed by atoms with Crippen molar-refractivity contribution in [3.05, 3.63) is 30.6 Å². The van der Waals surface area contributed by atoms with Crippen LogP contribution in [0.3, 0.4) is 0 Å². The van der Waals surface area contributed by atoms with Crippen LogP contribution in [0.5, 0.6) is 5.88 Å². The molecule has 0 aliphatic carbocycles. The van der Waals surface area contributed by atoms with Crippen molar-refractivity contribution in [2.75, 3.05) is 48.8 Å². The van der Waals surface area contributed by atoms with Crippen molar-refractivity contribution >= 4 is 17.5 Å². The number of ether oxygens (including phenoxy) is 1. The number of anilines is 3. The summed E-state index contributed by atoms with van der Waals surface area (Å²) in [5.41, 5.74) is 6.71. The van der Waals surface area contributed by atoms with Crippen molar-refractivity contribution in [2.45, 2.75) is 0 Å². The van der Waals surface area contributed by atoms with E-state index < -0.39 is 0 Å². The number of hydrogen-bond acceptors (Lipinski definition) is 7. The lowest BCUT2D eigenvalue weighted by molar-refractivity contribution is 0.396. The SMILES string of the molecule is COc1ccnc(N2CCN(c3ccc(N)nc3)CC2)n1. The summed E-state index contributed by atoms with van der Waals surface area (Å²) in [5, 5.41) is 0. The predicted octanol–water partition coefficient (Wildman–Crippen LogP) is 0.789. The number of nitrogens with zero attached hydrogens (tertiary/aromatic N) is 5. The van der Waals surface area contributed by atoms with E-state index in [2.05, 4.69) is 24.8 Å². The van der Waals surface area contributed by atoms with Crippen molar-refractivity contribution in [2.24, 2.45) is 0 Å². The average Bonchev–Trinajstić information content (AvgIpc) is 2.56. The van der Waals surface area contributed by atoms with E-state index in [1.807, 2.05) is 18.3 Å². The number of piperazine rings is 1. The van der Waals surface area contributed by atoms with Gasteiger partial charge in [-0.15, -0.1) is 0 Å². The molecule has 2 aromatic rings. The number of aromatic nitrogens is 3. The summed E-state index contributed by atoms with van der Waals surface area (Å²) in [7, 11) is 1.61. The van der Waals surface area contributed by atoms with E-state index in [1.165, 1.54) is 0 Å². The monoisotopic (exact) mass is 286 g/mol. The Morgan fingerprint density at radius 1 is 1.05 bits per heavy atom. The van der Waals surface area contributed by atoms with Crippen LogP contribution in [0.15, 0.2) is 30.6 Å². The molecule has 3 rings (SSSR count). The lowest BCUT2D eigenvalue weighted by Crippen LogP contribution is -2.47. The first-order valence-electron chi connectivity index (χ1n) is 6.85. The van der Waals surface area contributed by atoms with Crippen LogP contribution in [-0.2, 0) is 0 Å². The Labute approximate surface area is 123 Å². The highest BCUT2D eigenvalue weighted by Gasteiger charge is 2.19. The van der Waals surface area contributed by atoms with Crippen molar-refractivity contribution < 1.29 is 4.74 Å². The molecule has 0 atom stereocenters. The topological polar surface area (TPSA) is 80.4 Å². The molecule has 7 nitrogen and oxygen atoms in total. The average molecular weight is 286 g/mol. The third kappa shape index (κ3) is 2.96. The van der Waals surface area contributed by atoms with Crippen LogP contribution >= 0.6 is 0 Å². The van der Waals surface area contributed by atoms with Crippen LogP contribution in [-0.4, -0.2) is 48.2 Å². The number of nitrogen functional groups attached to an aromatic ring is 1. The number of hydrogen-bond donors (Lipinski definition) is 1. The molecular weight excluding hydrogens is 268 g/mol. The number of nitrogens with two attached hydrogens (primary N) is 1. The highest BCUT2D eigenvalue weighted by Crippen LogP contribution is 2.19. The summed E-state index contributed by atoms with van der Waals surface area (Å²) in [5.74, 6) is 1.84. The molecule has 0 amide bonds. The summed E-state index contributed by atoms with van der Waals surface area (Å²) in [4.78, 5) is 17.3. The molecule has 2 N–H and O–H groups in total. The third-order valence-corrected chi connectivity index (χ3v) is 3.52. The van der Waals surface area contributed by atoms with Crippen LogP contribution in [0.4, 0.5) is 17.5 Å². The van der Waals surface area contributed by atoms with Crippen molar-refractivity contribution in [1.29, 1.82) is 0 Å². The summed E-state index contributed by atoms with van der Waals surface area (Å²) >= 11 is 0. The van der Waals surface area contributed by atoms with Crippen LogP contribution in [0, 0.1) is 0 Å². The molecule has 3 heterocycles. The van der Waals surface area contributed by atoms with Crippen molar-refractivity contribution in [3.63, 3.8) is 0 Å². The minimum atomic E-state index is 0.544.